The monoisotopic (exact) mass is 237 g/mol. The zero-order chi connectivity index (χ0) is 12.3. The molecule has 0 saturated carbocycles. The molecule has 2 rings (SSSR count). The van der Waals surface area contributed by atoms with Crippen LogP contribution in [0.3, 0.4) is 0 Å². The summed E-state index contributed by atoms with van der Waals surface area (Å²) >= 11 is 0. The third-order valence-electron chi connectivity index (χ3n) is 3.01. The zero-order valence-electron chi connectivity index (χ0n) is 10.3. The number of hydrazine groups is 1. The molecular weight excluding hydrogens is 218 g/mol. The van der Waals surface area contributed by atoms with Crippen molar-refractivity contribution in [2.45, 2.75) is 32.2 Å². The maximum absolute atomic E-state index is 5.37. The van der Waals surface area contributed by atoms with E-state index in [0.717, 1.165) is 31.9 Å². The first-order chi connectivity index (χ1) is 8.11. The SMILES string of the molecule is Cc1nc(NN)cc(NC2(C)CCOCC2)n1. The fraction of sp³-hybridized carbons (Fsp3) is 0.636. The first-order valence-electron chi connectivity index (χ1n) is 5.79. The summed E-state index contributed by atoms with van der Waals surface area (Å²) in [4.78, 5) is 8.52. The van der Waals surface area contributed by atoms with Gasteiger partial charge in [0.05, 0.1) is 0 Å². The van der Waals surface area contributed by atoms with Crippen molar-refractivity contribution in [2.75, 3.05) is 24.0 Å². The van der Waals surface area contributed by atoms with Crippen LogP contribution >= 0.6 is 0 Å². The number of nitrogens with zero attached hydrogens (tertiary/aromatic N) is 2. The Hall–Kier alpha value is -1.40. The summed E-state index contributed by atoms with van der Waals surface area (Å²) in [5.74, 6) is 7.48. The van der Waals surface area contributed by atoms with E-state index in [4.69, 9.17) is 10.6 Å². The molecule has 17 heavy (non-hydrogen) atoms. The van der Waals surface area contributed by atoms with Gasteiger partial charge >= 0.3 is 0 Å². The predicted molar refractivity (Wildman–Crippen MR) is 66.7 cm³/mol. The van der Waals surface area contributed by atoms with Gasteiger partial charge in [0, 0.05) is 24.8 Å². The van der Waals surface area contributed by atoms with Crippen LogP contribution < -0.4 is 16.6 Å². The first-order valence-corrected chi connectivity index (χ1v) is 5.79. The molecule has 0 atom stereocenters. The Morgan fingerprint density at radius 3 is 2.59 bits per heavy atom. The fourth-order valence-electron chi connectivity index (χ4n) is 1.96. The van der Waals surface area contributed by atoms with Crippen molar-refractivity contribution in [1.29, 1.82) is 0 Å². The van der Waals surface area contributed by atoms with Crippen LogP contribution in [0.15, 0.2) is 6.07 Å². The molecule has 1 fully saturated rings. The van der Waals surface area contributed by atoms with E-state index in [1.807, 2.05) is 13.0 Å². The van der Waals surface area contributed by atoms with E-state index in [1.165, 1.54) is 0 Å². The van der Waals surface area contributed by atoms with E-state index >= 15 is 0 Å². The molecule has 1 aliphatic rings. The lowest BCUT2D eigenvalue weighted by atomic mass is 9.92. The lowest BCUT2D eigenvalue weighted by Crippen LogP contribution is -2.41. The highest BCUT2D eigenvalue weighted by Crippen LogP contribution is 2.25. The Bertz CT molecular complexity index is 389. The Kier molecular flexibility index (Phi) is 3.44. The highest BCUT2D eigenvalue weighted by molar-refractivity contribution is 5.48. The highest BCUT2D eigenvalue weighted by atomic mass is 16.5. The average Bonchev–Trinajstić information content (AvgIpc) is 2.28. The van der Waals surface area contributed by atoms with E-state index in [1.54, 1.807) is 0 Å². The molecule has 0 radical (unpaired) electrons. The van der Waals surface area contributed by atoms with E-state index in [0.29, 0.717) is 11.6 Å². The molecule has 0 amide bonds. The molecule has 1 saturated heterocycles. The molecule has 2 heterocycles. The van der Waals surface area contributed by atoms with Gasteiger partial charge in [-0.05, 0) is 26.7 Å². The molecule has 4 N–H and O–H groups in total. The molecule has 0 spiro atoms. The number of aromatic nitrogens is 2. The van der Waals surface area contributed by atoms with Gasteiger partial charge in [-0.15, -0.1) is 0 Å². The normalized spacial score (nSPS) is 18.8. The van der Waals surface area contributed by atoms with Gasteiger partial charge < -0.3 is 15.5 Å². The van der Waals surface area contributed by atoms with Crippen LogP contribution in [0.4, 0.5) is 11.6 Å². The molecule has 0 bridgehead atoms. The minimum absolute atomic E-state index is 0.0327. The fourth-order valence-corrected chi connectivity index (χ4v) is 1.96. The summed E-state index contributed by atoms with van der Waals surface area (Å²) < 4.78 is 5.37. The van der Waals surface area contributed by atoms with Crippen molar-refractivity contribution in [3.8, 4) is 0 Å². The van der Waals surface area contributed by atoms with Crippen LogP contribution in [0, 0.1) is 6.92 Å². The van der Waals surface area contributed by atoms with Gasteiger partial charge in [0.1, 0.15) is 17.5 Å². The number of anilines is 2. The first kappa shape index (κ1) is 12.1. The van der Waals surface area contributed by atoms with Gasteiger partial charge in [0.2, 0.25) is 0 Å². The lowest BCUT2D eigenvalue weighted by Gasteiger charge is -2.35. The number of nitrogens with two attached hydrogens (primary N) is 1. The van der Waals surface area contributed by atoms with E-state index in [-0.39, 0.29) is 5.54 Å². The van der Waals surface area contributed by atoms with Gasteiger partial charge in [-0.25, -0.2) is 15.8 Å². The largest absolute Gasteiger partial charge is 0.381 e. The van der Waals surface area contributed by atoms with Gasteiger partial charge in [-0.2, -0.15) is 0 Å². The summed E-state index contributed by atoms with van der Waals surface area (Å²) in [7, 11) is 0. The maximum Gasteiger partial charge on any atom is 0.145 e. The van der Waals surface area contributed by atoms with Crippen molar-refractivity contribution < 1.29 is 4.74 Å². The summed E-state index contributed by atoms with van der Waals surface area (Å²) in [5, 5.41) is 3.45. The second-order valence-electron chi connectivity index (χ2n) is 4.63. The smallest absolute Gasteiger partial charge is 0.145 e. The quantitative estimate of drug-likeness (QED) is 0.538. The molecule has 6 nitrogen and oxygen atoms in total. The van der Waals surface area contributed by atoms with Gasteiger partial charge in [-0.1, -0.05) is 0 Å². The minimum Gasteiger partial charge on any atom is -0.381 e. The van der Waals surface area contributed by atoms with Crippen LogP contribution in [0.5, 0.6) is 0 Å². The maximum atomic E-state index is 5.37. The summed E-state index contributed by atoms with van der Waals surface area (Å²) in [6.45, 7) is 5.60. The topological polar surface area (TPSA) is 85.1 Å². The van der Waals surface area contributed by atoms with Crippen LogP contribution in [-0.2, 0) is 4.74 Å². The summed E-state index contributed by atoms with van der Waals surface area (Å²) in [6.07, 6.45) is 1.95. The highest BCUT2D eigenvalue weighted by Gasteiger charge is 2.27. The molecule has 6 heteroatoms. The second-order valence-corrected chi connectivity index (χ2v) is 4.63. The number of nitrogen functional groups attached to an aromatic ring is 1. The van der Waals surface area contributed by atoms with Crippen LogP contribution in [0.25, 0.3) is 0 Å². The lowest BCUT2D eigenvalue weighted by molar-refractivity contribution is 0.0657. The number of hydrogen-bond acceptors (Lipinski definition) is 6. The number of rotatable bonds is 3. The van der Waals surface area contributed by atoms with Crippen LogP contribution in [0.1, 0.15) is 25.6 Å². The summed E-state index contributed by atoms with van der Waals surface area (Å²) in [6, 6.07) is 1.81. The van der Waals surface area contributed by atoms with Crippen molar-refractivity contribution in [3.63, 3.8) is 0 Å². The standard InChI is InChI=1S/C11H19N5O/c1-8-13-9(7-10(14-8)16-12)15-11(2)3-5-17-6-4-11/h7H,3-6,12H2,1-2H3,(H2,13,14,15,16). The van der Waals surface area contributed by atoms with E-state index in [9.17, 15) is 0 Å². The average molecular weight is 237 g/mol. The minimum atomic E-state index is 0.0327. The summed E-state index contributed by atoms with van der Waals surface area (Å²) in [5.41, 5.74) is 2.57. The van der Waals surface area contributed by atoms with E-state index in [2.05, 4.69) is 27.6 Å². The number of nitrogens with one attached hydrogen (secondary N) is 2. The third-order valence-corrected chi connectivity index (χ3v) is 3.01. The van der Waals surface area contributed by atoms with Crippen molar-refractivity contribution in [1.82, 2.24) is 9.97 Å². The number of hydrogen-bond donors (Lipinski definition) is 3. The third kappa shape index (κ3) is 3.04. The molecular formula is C11H19N5O. The number of ether oxygens (including phenoxy) is 1. The van der Waals surface area contributed by atoms with Crippen LogP contribution in [0.2, 0.25) is 0 Å². The zero-order valence-corrected chi connectivity index (χ0v) is 10.3. The van der Waals surface area contributed by atoms with Crippen molar-refractivity contribution in [3.05, 3.63) is 11.9 Å². The molecule has 0 aliphatic carbocycles. The van der Waals surface area contributed by atoms with Crippen LogP contribution in [-0.4, -0.2) is 28.7 Å². The van der Waals surface area contributed by atoms with Crippen molar-refractivity contribution >= 4 is 11.6 Å². The molecule has 1 aliphatic heterocycles. The Morgan fingerprint density at radius 1 is 1.29 bits per heavy atom. The molecule has 94 valence electrons. The Labute approximate surface area is 101 Å². The van der Waals surface area contributed by atoms with Gasteiger partial charge in [0.15, 0.2) is 0 Å². The molecule has 1 aromatic rings. The van der Waals surface area contributed by atoms with Gasteiger partial charge in [-0.3, -0.25) is 0 Å². The van der Waals surface area contributed by atoms with Gasteiger partial charge in [0.25, 0.3) is 0 Å². The second kappa shape index (κ2) is 4.85. The van der Waals surface area contributed by atoms with Crippen molar-refractivity contribution in [2.24, 2.45) is 5.84 Å². The Balaban J connectivity index is 2.14. The predicted octanol–water partition coefficient (Wildman–Crippen LogP) is 1.05. The molecule has 1 aromatic heterocycles. The van der Waals surface area contributed by atoms with E-state index < -0.39 is 0 Å². The number of aryl methyl sites for hydroxylation is 1. The Morgan fingerprint density at radius 2 is 1.94 bits per heavy atom. The molecule has 0 aromatic carbocycles. The molecule has 0 unspecified atom stereocenters.